The number of carboxylic acid groups (broad SMARTS) is 1. The van der Waals surface area contributed by atoms with E-state index < -0.39 is 11.4 Å². The van der Waals surface area contributed by atoms with E-state index in [1.54, 1.807) is 0 Å². The maximum atomic E-state index is 11.0. The summed E-state index contributed by atoms with van der Waals surface area (Å²) in [7, 11) is 0. The third kappa shape index (κ3) is 1.31. The van der Waals surface area contributed by atoms with Gasteiger partial charge in [0.05, 0.1) is 5.41 Å². The Morgan fingerprint density at radius 3 is 2.79 bits per heavy atom. The van der Waals surface area contributed by atoms with Crippen molar-refractivity contribution in [1.82, 2.24) is 0 Å². The third-order valence-electron chi connectivity index (χ3n) is 3.17. The SMILES string of the molecule is Cc1cccc([C@@H]2C[C@@]2(C)C(=O)O)c1. The van der Waals surface area contributed by atoms with E-state index in [9.17, 15) is 4.79 Å². The molecule has 1 fully saturated rings. The van der Waals surface area contributed by atoms with E-state index in [0.717, 1.165) is 12.0 Å². The molecule has 1 aromatic rings. The molecule has 0 unspecified atom stereocenters. The Hall–Kier alpha value is -1.31. The highest BCUT2D eigenvalue weighted by molar-refractivity contribution is 5.80. The van der Waals surface area contributed by atoms with Gasteiger partial charge in [-0.25, -0.2) is 0 Å². The van der Waals surface area contributed by atoms with Gasteiger partial charge in [-0.2, -0.15) is 0 Å². The van der Waals surface area contributed by atoms with E-state index in [1.807, 2.05) is 32.0 Å². The summed E-state index contributed by atoms with van der Waals surface area (Å²) in [5, 5.41) is 9.01. The van der Waals surface area contributed by atoms with Gasteiger partial charge in [0, 0.05) is 5.92 Å². The molecule has 1 aliphatic carbocycles. The maximum absolute atomic E-state index is 11.0. The number of aliphatic carboxylic acids is 1. The van der Waals surface area contributed by atoms with Crippen LogP contribution in [0.1, 0.15) is 30.4 Å². The molecule has 2 nitrogen and oxygen atoms in total. The molecule has 2 rings (SSSR count). The van der Waals surface area contributed by atoms with Crippen LogP contribution in [0.4, 0.5) is 0 Å². The fraction of sp³-hybridized carbons (Fsp3) is 0.417. The number of aryl methyl sites for hydroxylation is 1. The quantitative estimate of drug-likeness (QED) is 0.778. The van der Waals surface area contributed by atoms with Crippen LogP contribution in [0, 0.1) is 12.3 Å². The Bertz CT molecular complexity index is 384. The molecule has 0 aliphatic heterocycles. The summed E-state index contributed by atoms with van der Waals surface area (Å²) < 4.78 is 0. The van der Waals surface area contributed by atoms with Crippen LogP contribution < -0.4 is 0 Å². The molecule has 0 spiro atoms. The fourth-order valence-corrected chi connectivity index (χ4v) is 1.97. The highest BCUT2D eigenvalue weighted by Gasteiger charge is 2.56. The van der Waals surface area contributed by atoms with E-state index in [-0.39, 0.29) is 5.92 Å². The average Bonchev–Trinajstić information content (AvgIpc) is 2.80. The number of hydrogen-bond donors (Lipinski definition) is 1. The lowest BCUT2D eigenvalue weighted by Crippen LogP contribution is -2.12. The molecule has 74 valence electrons. The van der Waals surface area contributed by atoms with Gasteiger partial charge in [-0.1, -0.05) is 29.8 Å². The summed E-state index contributed by atoms with van der Waals surface area (Å²) in [5.74, 6) is -0.469. The molecular weight excluding hydrogens is 176 g/mol. The Balaban J connectivity index is 2.25. The molecule has 0 heterocycles. The van der Waals surface area contributed by atoms with Gasteiger partial charge in [-0.05, 0) is 25.8 Å². The lowest BCUT2D eigenvalue weighted by molar-refractivity contribution is -0.142. The Morgan fingerprint density at radius 2 is 2.29 bits per heavy atom. The van der Waals surface area contributed by atoms with Crippen LogP contribution in [0.15, 0.2) is 24.3 Å². The van der Waals surface area contributed by atoms with Gasteiger partial charge in [-0.3, -0.25) is 4.79 Å². The van der Waals surface area contributed by atoms with Crippen molar-refractivity contribution in [2.24, 2.45) is 5.41 Å². The first-order valence-electron chi connectivity index (χ1n) is 4.84. The summed E-state index contributed by atoms with van der Waals surface area (Å²) in [6.45, 7) is 3.85. The highest BCUT2D eigenvalue weighted by Crippen LogP contribution is 2.59. The van der Waals surface area contributed by atoms with Crippen LogP contribution in [0.2, 0.25) is 0 Å². The molecular formula is C12H14O2. The zero-order valence-corrected chi connectivity index (χ0v) is 8.45. The smallest absolute Gasteiger partial charge is 0.309 e. The molecule has 2 atom stereocenters. The highest BCUT2D eigenvalue weighted by atomic mass is 16.4. The molecule has 1 N–H and O–H groups in total. The molecule has 14 heavy (non-hydrogen) atoms. The number of rotatable bonds is 2. The van der Waals surface area contributed by atoms with Gasteiger partial charge >= 0.3 is 5.97 Å². The molecule has 1 aromatic carbocycles. The van der Waals surface area contributed by atoms with E-state index >= 15 is 0 Å². The first kappa shape index (κ1) is 9.25. The van der Waals surface area contributed by atoms with Crippen molar-refractivity contribution in [2.75, 3.05) is 0 Å². The van der Waals surface area contributed by atoms with Gasteiger partial charge < -0.3 is 5.11 Å². The molecule has 0 saturated heterocycles. The lowest BCUT2D eigenvalue weighted by atomic mass is 10.00. The summed E-state index contributed by atoms with van der Waals surface area (Å²) in [5.41, 5.74) is 1.84. The van der Waals surface area contributed by atoms with Crippen molar-refractivity contribution in [3.8, 4) is 0 Å². The van der Waals surface area contributed by atoms with Crippen LogP contribution in [-0.2, 0) is 4.79 Å². The van der Waals surface area contributed by atoms with Crippen molar-refractivity contribution >= 4 is 5.97 Å². The number of carbonyl (C=O) groups is 1. The van der Waals surface area contributed by atoms with Gasteiger partial charge in [-0.15, -0.1) is 0 Å². The Kier molecular flexibility index (Phi) is 1.88. The summed E-state index contributed by atoms with van der Waals surface area (Å²) in [6, 6.07) is 8.12. The van der Waals surface area contributed by atoms with Crippen molar-refractivity contribution in [2.45, 2.75) is 26.2 Å². The van der Waals surface area contributed by atoms with Crippen LogP contribution in [-0.4, -0.2) is 11.1 Å². The minimum atomic E-state index is -0.677. The monoisotopic (exact) mass is 190 g/mol. The zero-order chi connectivity index (χ0) is 10.3. The van der Waals surface area contributed by atoms with Crippen molar-refractivity contribution in [3.63, 3.8) is 0 Å². The molecule has 0 bridgehead atoms. The topological polar surface area (TPSA) is 37.3 Å². The second kappa shape index (κ2) is 2.84. The zero-order valence-electron chi connectivity index (χ0n) is 8.45. The predicted molar refractivity (Wildman–Crippen MR) is 54.3 cm³/mol. The van der Waals surface area contributed by atoms with Gasteiger partial charge in [0.1, 0.15) is 0 Å². The van der Waals surface area contributed by atoms with Crippen molar-refractivity contribution in [3.05, 3.63) is 35.4 Å². The molecule has 0 aromatic heterocycles. The van der Waals surface area contributed by atoms with Crippen LogP contribution in [0.5, 0.6) is 0 Å². The van der Waals surface area contributed by atoms with Gasteiger partial charge in [0.15, 0.2) is 0 Å². The molecule has 2 heteroatoms. The summed E-state index contributed by atoms with van der Waals surface area (Å²) in [4.78, 5) is 11.0. The summed E-state index contributed by atoms with van der Waals surface area (Å²) >= 11 is 0. The second-order valence-corrected chi connectivity index (χ2v) is 4.39. The van der Waals surface area contributed by atoms with Crippen LogP contribution in [0.25, 0.3) is 0 Å². The first-order chi connectivity index (χ1) is 6.54. The average molecular weight is 190 g/mol. The van der Waals surface area contributed by atoms with Crippen LogP contribution >= 0.6 is 0 Å². The Labute approximate surface area is 83.6 Å². The van der Waals surface area contributed by atoms with Crippen molar-refractivity contribution in [1.29, 1.82) is 0 Å². The predicted octanol–water partition coefficient (Wildman–Crippen LogP) is 2.57. The van der Waals surface area contributed by atoms with Crippen LogP contribution in [0.3, 0.4) is 0 Å². The second-order valence-electron chi connectivity index (χ2n) is 4.39. The molecule has 0 radical (unpaired) electrons. The largest absolute Gasteiger partial charge is 0.481 e. The molecule has 1 aliphatic rings. The van der Waals surface area contributed by atoms with Gasteiger partial charge in [0.2, 0.25) is 0 Å². The number of carboxylic acids is 1. The van der Waals surface area contributed by atoms with Crippen molar-refractivity contribution < 1.29 is 9.90 Å². The summed E-state index contributed by atoms with van der Waals surface area (Å²) in [6.07, 6.45) is 0.770. The van der Waals surface area contributed by atoms with E-state index in [4.69, 9.17) is 5.11 Å². The molecule has 1 saturated carbocycles. The van der Waals surface area contributed by atoms with E-state index in [1.165, 1.54) is 5.56 Å². The normalized spacial score (nSPS) is 30.0. The third-order valence-corrected chi connectivity index (χ3v) is 3.17. The molecule has 0 amide bonds. The first-order valence-corrected chi connectivity index (χ1v) is 4.84. The van der Waals surface area contributed by atoms with E-state index in [0.29, 0.717) is 0 Å². The standard InChI is InChI=1S/C12H14O2/c1-8-4-3-5-9(6-8)10-7-12(10,2)11(13)14/h3-6,10H,7H2,1-2H3,(H,13,14)/t10-,12+/m0/s1. The minimum absolute atomic E-state index is 0.208. The fourth-order valence-electron chi connectivity index (χ4n) is 1.97. The van der Waals surface area contributed by atoms with Gasteiger partial charge in [0.25, 0.3) is 0 Å². The number of benzene rings is 1. The van der Waals surface area contributed by atoms with E-state index in [2.05, 4.69) is 6.07 Å². The number of hydrogen-bond acceptors (Lipinski definition) is 1. The lowest BCUT2D eigenvalue weighted by Gasteiger charge is -2.05. The maximum Gasteiger partial charge on any atom is 0.309 e. The Morgan fingerprint density at radius 1 is 1.57 bits per heavy atom. The minimum Gasteiger partial charge on any atom is -0.481 e.